The van der Waals surface area contributed by atoms with Crippen LogP contribution in [0.5, 0.6) is 0 Å². The van der Waals surface area contributed by atoms with Crippen LogP contribution in [-0.2, 0) is 33.1 Å². The fourth-order valence-electron chi connectivity index (χ4n) is 3.30. The summed E-state index contributed by atoms with van der Waals surface area (Å²) in [5.74, 6) is -0.173. The topological polar surface area (TPSA) is 134 Å². The average molecular weight is 441 g/mol. The summed E-state index contributed by atoms with van der Waals surface area (Å²) in [5.41, 5.74) is -0.648. The predicted molar refractivity (Wildman–Crippen MR) is 105 cm³/mol. The van der Waals surface area contributed by atoms with E-state index < -0.39 is 27.3 Å². The van der Waals surface area contributed by atoms with Gasteiger partial charge in [-0.3, -0.25) is 9.59 Å². The number of carbonyl (C=O) groups excluding carboxylic acids is 1. The Hall–Kier alpha value is -2.86. The second kappa shape index (κ2) is 9.30. The smallest absolute Gasteiger partial charge is 0.290 e. The van der Waals surface area contributed by atoms with Crippen molar-refractivity contribution in [3.8, 4) is 0 Å². The molecule has 0 spiro atoms. The Morgan fingerprint density at radius 2 is 2.00 bits per heavy atom. The largest absolute Gasteiger partial charge is 0.483 e. The van der Waals surface area contributed by atoms with E-state index in [-0.39, 0.29) is 31.9 Å². The Morgan fingerprint density at radius 3 is 2.50 bits per heavy atom. The number of nitrogens with one attached hydrogen (secondary N) is 1. The summed E-state index contributed by atoms with van der Waals surface area (Å²) in [6, 6.07) is 5.79. The van der Waals surface area contributed by atoms with E-state index in [2.05, 4.69) is 15.5 Å². The summed E-state index contributed by atoms with van der Waals surface area (Å²) in [6.07, 6.45) is 2.74. The van der Waals surface area contributed by atoms with Crippen LogP contribution < -0.4 is 5.32 Å². The highest BCUT2D eigenvalue weighted by atomic mass is 32.2. The molecule has 1 aliphatic rings. The van der Waals surface area contributed by atoms with Gasteiger partial charge in [-0.2, -0.15) is 4.31 Å². The first-order chi connectivity index (χ1) is 14.0. The molecule has 1 amide bonds. The molecule has 12 heteroatoms. The van der Waals surface area contributed by atoms with Gasteiger partial charge in [-0.05, 0) is 25.0 Å². The van der Waals surface area contributed by atoms with Gasteiger partial charge in [-0.15, -0.1) is 10.2 Å². The maximum atomic E-state index is 14.1. The number of hydrogen-bond acceptors (Lipinski definition) is 6. The van der Waals surface area contributed by atoms with Crippen molar-refractivity contribution < 1.29 is 27.5 Å². The van der Waals surface area contributed by atoms with Crippen molar-refractivity contribution in [2.75, 3.05) is 19.3 Å². The van der Waals surface area contributed by atoms with E-state index in [1.165, 1.54) is 16.7 Å². The minimum atomic E-state index is -3.42. The Labute approximate surface area is 173 Å². The van der Waals surface area contributed by atoms with Gasteiger partial charge in [-0.25, -0.2) is 12.8 Å². The van der Waals surface area contributed by atoms with Gasteiger partial charge in [0.2, 0.25) is 15.9 Å². The van der Waals surface area contributed by atoms with Crippen molar-refractivity contribution >= 4 is 22.4 Å². The van der Waals surface area contributed by atoms with E-state index in [0.717, 1.165) is 6.26 Å². The average Bonchev–Trinajstić information content (AvgIpc) is 3.05. The van der Waals surface area contributed by atoms with Crippen LogP contribution in [0, 0.1) is 11.2 Å². The molecule has 1 aromatic carbocycles. The Morgan fingerprint density at radius 1 is 1.40 bits per heavy atom. The third kappa shape index (κ3) is 5.19. The van der Waals surface area contributed by atoms with E-state index in [1.807, 2.05) is 0 Å². The summed E-state index contributed by atoms with van der Waals surface area (Å²) in [7, 11) is -1.65. The molecule has 0 radical (unpaired) electrons. The molecule has 2 aromatic rings. The lowest BCUT2D eigenvalue weighted by Crippen LogP contribution is -2.65. The highest BCUT2D eigenvalue weighted by Crippen LogP contribution is 2.37. The zero-order valence-electron chi connectivity index (χ0n) is 16.8. The molecule has 2 N–H and O–H groups in total. The van der Waals surface area contributed by atoms with Crippen molar-refractivity contribution in [3.63, 3.8) is 0 Å². The standard InChI is InChI=1S/C17H22FN5O3S.CH2O2/c1-12(15-21-19-11-22(15)2)20-16(24)17(9-23(10-17)27(3,25)26)8-13-6-4-5-7-14(13)18;2-1-3/h4-7,11-12H,8-10H2,1-3H3,(H,20,24);1H,(H,2,3). The number of hydrogen-bond donors (Lipinski definition) is 2. The van der Waals surface area contributed by atoms with Crippen LogP contribution in [0.1, 0.15) is 24.4 Å². The molecule has 1 unspecified atom stereocenters. The summed E-state index contributed by atoms with van der Waals surface area (Å²) in [5, 5.41) is 17.5. The number of rotatable bonds is 6. The molecule has 0 aliphatic carbocycles. The van der Waals surface area contributed by atoms with Crippen molar-refractivity contribution in [2.24, 2.45) is 12.5 Å². The van der Waals surface area contributed by atoms with Gasteiger partial charge in [0, 0.05) is 20.1 Å². The highest BCUT2D eigenvalue weighted by molar-refractivity contribution is 7.88. The number of halogens is 1. The minimum absolute atomic E-state index is 0.0114. The molecule has 3 rings (SSSR count). The lowest BCUT2D eigenvalue weighted by Gasteiger charge is -2.47. The molecule has 1 fully saturated rings. The van der Waals surface area contributed by atoms with Crippen LogP contribution in [0.2, 0.25) is 0 Å². The first kappa shape index (κ1) is 23.4. The number of carbonyl (C=O) groups is 2. The van der Waals surface area contributed by atoms with Gasteiger partial charge in [0.25, 0.3) is 6.47 Å². The number of amides is 1. The van der Waals surface area contributed by atoms with Gasteiger partial charge in [-0.1, -0.05) is 18.2 Å². The Bertz CT molecular complexity index is 1000. The van der Waals surface area contributed by atoms with Gasteiger partial charge < -0.3 is 15.0 Å². The van der Waals surface area contributed by atoms with Crippen molar-refractivity contribution in [1.82, 2.24) is 24.4 Å². The summed E-state index contributed by atoms with van der Waals surface area (Å²) >= 11 is 0. The molecule has 2 heterocycles. The molecule has 1 saturated heterocycles. The Balaban J connectivity index is 0.00000101. The van der Waals surface area contributed by atoms with Gasteiger partial charge in [0.15, 0.2) is 5.82 Å². The molecular formula is C18H24FN5O5S. The van der Waals surface area contributed by atoms with E-state index in [4.69, 9.17) is 9.90 Å². The third-order valence-corrected chi connectivity index (χ3v) is 6.07. The third-order valence-electron chi connectivity index (χ3n) is 4.88. The Kier molecular flexibility index (Phi) is 7.26. The fraction of sp³-hybridized carbons (Fsp3) is 0.444. The van der Waals surface area contributed by atoms with Crippen molar-refractivity contribution in [3.05, 3.63) is 47.8 Å². The van der Waals surface area contributed by atoms with E-state index in [0.29, 0.717) is 11.4 Å². The maximum Gasteiger partial charge on any atom is 0.290 e. The lowest BCUT2D eigenvalue weighted by atomic mass is 9.75. The number of carboxylic acid groups (broad SMARTS) is 1. The zero-order chi connectivity index (χ0) is 22.5. The molecule has 1 aromatic heterocycles. The zero-order valence-corrected chi connectivity index (χ0v) is 17.6. The lowest BCUT2D eigenvalue weighted by molar-refractivity contribution is -0.138. The second-order valence-corrected chi connectivity index (χ2v) is 9.16. The fourth-order valence-corrected chi connectivity index (χ4v) is 4.27. The van der Waals surface area contributed by atoms with E-state index >= 15 is 0 Å². The number of aromatic nitrogens is 3. The molecule has 0 bridgehead atoms. The number of benzene rings is 1. The van der Waals surface area contributed by atoms with Crippen molar-refractivity contribution in [2.45, 2.75) is 19.4 Å². The van der Waals surface area contributed by atoms with E-state index in [1.54, 1.807) is 36.7 Å². The van der Waals surface area contributed by atoms with Gasteiger partial charge in [0.1, 0.15) is 12.1 Å². The molecule has 10 nitrogen and oxygen atoms in total. The SMILES string of the molecule is CC(NC(=O)C1(Cc2ccccc2F)CN(S(C)(=O)=O)C1)c1nncn1C.O=CO. The monoisotopic (exact) mass is 441 g/mol. The highest BCUT2D eigenvalue weighted by Gasteiger charge is 2.52. The normalized spacial score (nSPS) is 16.5. The number of sulfonamides is 1. The number of aryl methyl sites for hydroxylation is 1. The summed E-state index contributed by atoms with van der Waals surface area (Å²) < 4.78 is 40.6. The number of nitrogens with zero attached hydrogens (tertiary/aromatic N) is 4. The quantitative estimate of drug-likeness (QED) is 0.617. The van der Waals surface area contributed by atoms with Crippen LogP contribution in [-0.4, -0.2) is 64.3 Å². The first-order valence-corrected chi connectivity index (χ1v) is 10.8. The van der Waals surface area contributed by atoms with Crippen LogP contribution >= 0.6 is 0 Å². The van der Waals surface area contributed by atoms with Gasteiger partial charge >= 0.3 is 0 Å². The first-order valence-electron chi connectivity index (χ1n) is 8.95. The maximum absolute atomic E-state index is 14.1. The summed E-state index contributed by atoms with van der Waals surface area (Å²) in [4.78, 5) is 21.4. The molecule has 1 aliphatic heterocycles. The predicted octanol–water partition coefficient (Wildman–Crippen LogP) is 0.337. The van der Waals surface area contributed by atoms with Crippen molar-refractivity contribution in [1.29, 1.82) is 0 Å². The second-order valence-electron chi connectivity index (χ2n) is 7.18. The van der Waals surface area contributed by atoms with Gasteiger partial charge in [0.05, 0.1) is 17.7 Å². The van der Waals surface area contributed by atoms with Crippen LogP contribution in [0.3, 0.4) is 0 Å². The van der Waals surface area contributed by atoms with Crippen LogP contribution in [0.4, 0.5) is 4.39 Å². The molecule has 164 valence electrons. The molecular weight excluding hydrogens is 417 g/mol. The minimum Gasteiger partial charge on any atom is -0.483 e. The molecule has 0 saturated carbocycles. The van der Waals surface area contributed by atoms with E-state index in [9.17, 15) is 17.6 Å². The molecule has 30 heavy (non-hydrogen) atoms. The molecule has 1 atom stereocenters. The van der Waals surface area contributed by atoms with Crippen LogP contribution in [0.25, 0.3) is 0 Å². The summed E-state index contributed by atoms with van der Waals surface area (Å²) in [6.45, 7) is 1.54. The van der Waals surface area contributed by atoms with Crippen LogP contribution in [0.15, 0.2) is 30.6 Å².